The minimum absolute atomic E-state index is 0. The Bertz CT molecular complexity index is 1080. The summed E-state index contributed by atoms with van der Waals surface area (Å²) >= 11 is 0. The summed E-state index contributed by atoms with van der Waals surface area (Å²) in [4.78, 5) is 13.2. The number of nitrogens with zero attached hydrogens (tertiary/aromatic N) is 5. The predicted octanol–water partition coefficient (Wildman–Crippen LogP) is 3.18. The van der Waals surface area contributed by atoms with Gasteiger partial charge in [-0.25, -0.2) is 9.50 Å². The van der Waals surface area contributed by atoms with Crippen molar-refractivity contribution in [3.8, 4) is 11.1 Å². The fraction of sp³-hybridized carbons (Fsp3) is 0.263. The summed E-state index contributed by atoms with van der Waals surface area (Å²) in [6, 6.07) is 8.52. The Morgan fingerprint density at radius 2 is 1.88 bits per heavy atom. The monoisotopic (exact) mass is 348 g/mol. The van der Waals surface area contributed by atoms with Crippen LogP contribution in [0.1, 0.15) is 14.3 Å². The summed E-state index contributed by atoms with van der Waals surface area (Å²) in [5, 5.41) is 8.01. The lowest BCUT2D eigenvalue weighted by atomic mass is 10.1. The molecule has 1 N–H and O–H groups in total. The highest BCUT2D eigenvalue weighted by atomic mass is 16.5. The Hall–Kier alpha value is -3.06. The Labute approximate surface area is 151 Å². The van der Waals surface area contributed by atoms with Crippen LogP contribution in [0.4, 0.5) is 5.95 Å². The molecule has 0 spiro atoms. The van der Waals surface area contributed by atoms with Gasteiger partial charge in [0.25, 0.3) is 0 Å². The zero-order chi connectivity index (χ0) is 17.3. The zero-order valence-electron chi connectivity index (χ0n) is 14.2. The summed E-state index contributed by atoms with van der Waals surface area (Å²) in [6.45, 7) is 1.58. The van der Waals surface area contributed by atoms with E-state index in [0.29, 0.717) is 12.0 Å². The number of rotatable bonds is 3. The maximum atomic E-state index is 5.39. The molecule has 1 aromatic carbocycles. The second kappa shape index (κ2) is 6.34. The van der Waals surface area contributed by atoms with Gasteiger partial charge in [0.1, 0.15) is 0 Å². The maximum absolute atomic E-state index is 5.39. The van der Waals surface area contributed by atoms with Crippen LogP contribution < -0.4 is 5.32 Å². The third kappa shape index (κ3) is 2.76. The summed E-state index contributed by atoms with van der Waals surface area (Å²) in [5.41, 5.74) is 4.89. The SMILES string of the molecule is [HH].c1cnc2cc(-c3ccn4nc(NC5CCOCC5)ncc34)ccc2n1. The van der Waals surface area contributed by atoms with Crippen molar-refractivity contribution in [1.82, 2.24) is 24.6 Å². The number of hydrogen-bond acceptors (Lipinski definition) is 6. The minimum Gasteiger partial charge on any atom is -0.381 e. The van der Waals surface area contributed by atoms with Gasteiger partial charge in [0.15, 0.2) is 0 Å². The van der Waals surface area contributed by atoms with Crippen molar-refractivity contribution in [1.29, 1.82) is 0 Å². The van der Waals surface area contributed by atoms with E-state index in [0.717, 1.165) is 53.7 Å². The van der Waals surface area contributed by atoms with Crippen molar-refractivity contribution in [2.45, 2.75) is 18.9 Å². The molecule has 26 heavy (non-hydrogen) atoms. The molecule has 5 rings (SSSR count). The Morgan fingerprint density at radius 3 is 2.77 bits per heavy atom. The van der Waals surface area contributed by atoms with Gasteiger partial charge >= 0.3 is 0 Å². The van der Waals surface area contributed by atoms with Gasteiger partial charge in [-0.15, -0.1) is 5.10 Å². The molecule has 7 heteroatoms. The summed E-state index contributed by atoms with van der Waals surface area (Å²) in [6.07, 6.45) is 9.21. The second-order valence-corrected chi connectivity index (χ2v) is 6.43. The number of anilines is 1. The number of hydrogen-bond donors (Lipinski definition) is 1. The van der Waals surface area contributed by atoms with Crippen molar-refractivity contribution in [2.24, 2.45) is 0 Å². The van der Waals surface area contributed by atoms with E-state index in [2.05, 4.69) is 37.5 Å². The first kappa shape index (κ1) is 15.2. The molecule has 0 unspecified atom stereocenters. The quantitative estimate of drug-likeness (QED) is 0.613. The molecule has 4 heterocycles. The largest absolute Gasteiger partial charge is 0.381 e. The van der Waals surface area contributed by atoms with Crippen LogP contribution in [0.25, 0.3) is 27.7 Å². The molecule has 0 radical (unpaired) electrons. The number of aromatic nitrogens is 5. The Balaban J connectivity index is 0.00000180. The molecule has 1 fully saturated rings. The average molecular weight is 348 g/mol. The molecule has 0 saturated carbocycles. The molecule has 0 aliphatic carbocycles. The van der Waals surface area contributed by atoms with Gasteiger partial charge in [-0.3, -0.25) is 9.97 Å². The van der Waals surface area contributed by atoms with Gasteiger partial charge < -0.3 is 10.1 Å². The van der Waals surface area contributed by atoms with Crippen LogP contribution in [-0.4, -0.2) is 43.8 Å². The lowest BCUT2D eigenvalue weighted by molar-refractivity contribution is 0.0903. The number of nitrogens with one attached hydrogen (secondary N) is 1. The van der Waals surface area contributed by atoms with Crippen LogP contribution in [0.2, 0.25) is 0 Å². The first-order chi connectivity index (χ1) is 12.9. The molecule has 1 aliphatic heterocycles. The summed E-state index contributed by atoms with van der Waals surface area (Å²) in [5.74, 6) is 0.649. The average Bonchev–Trinajstić information content (AvgIpc) is 3.12. The van der Waals surface area contributed by atoms with Crippen LogP contribution in [0.5, 0.6) is 0 Å². The number of fused-ring (bicyclic) bond motifs is 2. The molecule has 4 aromatic rings. The molecule has 0 bridgehead atoms. The lowest BCUT2D eigenvalue weighted by Gasteiger charge is -2.22. The fourth-order valence-corrected chi connectivity index (χ4v) is 3.37. The van der Waals surface area contributed by atoms with E-state index < -0.39 is 0 Å². The zero-order valence-corrected chi connectivity index (χ0v) is 14.2. The predicted molar refractivity (Wildman–Crippen MR) is 101 cm³/mol. The van der Waals surface area contributed by atoms with Crippen LogP contribution in [0.15, 0.2) is 49.1 Å². The van der Waals surface area contributed by atoms with Gasteiger partial charge in [-0.1, -0.05) is 6.07 Å². The van der Waals surface area contributed by atoms with Gasteiger partial charge in [-0.2, -0.15) is 0 Å². The molecule has 3 aromatic heterocycles. The minimum atomic E-state index is 0. The lowest BCUT2D eigenvalue weighted by Crippen LogP contribution is -2.28. The van der Waals surface area contributed by atoms with Crippen molar-refractivity contribution >= 4 is 22.5 Å². The van der Waals surface area contributed by atoms with Crippen molar-refractivity contribution in [2.75, 3.05) is 18.5 Å². The standard InChI is InChI=1S/C19H18N6O.H2/c1-2-16-17(21-7-6-20-16)11-13(1)15-3-8-25-18(15)12-22-19(24-25)23-14-4-9-26-10-5-14;/h1-3,6-8,11-12,14H,4-5,9-10H2,(H,23,24);1H. The second-order valence-electron chi connectivity index (χ2n) is 6.43. The van der Waals surface area contributed by atoms with Gasteiger partial charge in [-0.05, 0) is 36.6 Å². The molecule has 1 aliphatic rings. The summed E-state index contributed by atoms with van der Waals surface area (Å²) < 4.78 is 7.26. The highest BCUT2D eigenvalue weighted by molar-refractivity contribution is 5.86. The van der Waals surface area contributed by atoms with Crippen LogP contribution in [-0.2, 0) is 4.74 Å². The first-order valence-electron chi connectivity index (χ1n) is 8.77. The van der Waals surface area contributed by atoms with Crippen molar-refractivity contribution in [3.05, 3.63) is 49.1 Å². The topological polar surface area (TPSA) is 77.2 Å². The third-order valence-corrected chi connectivity index (χ3v) is 4.75. The van der Waals surface area contributed by atoms with Gasteiger partial charge in [0.05, 0.1) is 22.7 Å². The molecule has 0 amide bonds. The summed E-state index contributed by atoms with van der Waals surface area (Å²) in [7, 11) is 0. The van der Waals surface area contributed by atoms with E-state index in [9.17, 15) is 0 Å². The molecule has 7 nitrogen and oxygen atoms in total. The van der Waals surface area contributed by atoms with Crippen LogP contribution >= 0.6 is 0 Å². The first-order valence-corrected chi connectivity index (χ1v) is 8.77. The van der Waals surface area contributed by atoms with E-state index >= 15 is 0 Å². The van der Waals surface area contributed by atoms with Gasteiger partial charge in [0, 0.05) is 44.8 Å². The highest BCUT2D eigenvalue weighted by Crippen LogP contribution is 2.27. The van der Waals surface area contributed by atoms with Crippen LogP contribution in [0.3, 0.4) is 0 Å². The fourth-order valence-electron chi connectivity index (χ4n) is 3.37. The van der Waals surface area contributed by atoms with E-state index in [4.69, 9.17) is 4.74 Å². The van der Waals surface area contributed by atoms with Crippen molar-refractivity contribution < 1.29 is 6.16 Å². The smallest absolute Gasteiger partial charge is 0.241 e. The van der Waals surface area contributed by atoms with E-state index in [1.54, 1.807) is 12.4 Å². The van der Waals surface area contributed by atoms with Gasteiger partial charge in [0.2, 0.25) is 5.95 Å². The Kier molecular flexibility index (Phi) is 3.71. The number of benzene rings is 1. The van der Waals surface area contributed by atoms with Crippen molar-refractivity contribution in [3.63, 3.8) is 0 Å². The normalized spacial score (nSPS) is 15.5. The molecular weight excluding hydrogens is 328 g/mol. The molecule has 1 saturated heterocycles. The van der Waals surface area contributed by atoms with E-state index in [1.807, 2.05) is 29.0 Å². The maximum Gasteiger partial charge on any atom is 0.241 e. The Morgan fingerprint density at radius 1 is 1.04 bits per heavy atom. The molecule has 132 valence electrons. The van der Waals surface area contributed by atoms with E-state index in [-0.39, 0.29) is 1.43 Å². The molecule has 0 atom stereocenters. The number of ether oxygens (including phenoxy) is 1. The van der Waals surface area contributed by atoms with Crippen LogP contribution in [0, 0.1) is 0 Å². The third-order valence-electron chi connectivity index (χ3n) is 4.75. The highest BCUT2D eigenvalue weighted by Gasteiger charge is 2.15. The van der Waals surface area contributed by atoms with E-state index in [1.165, 1.54) is 0 Å². The molecular formula is C19H20N6O.